The highest BCUT2D eigenvalue weighted by Crippen LogP contribution is 2.36. The van der Waals surface area contributed by atoms with E-state index in [0.717, 1.165) is 44.3 Å². The van der Waals surface area contributed by atoms with Gasteiger partial charge in [0, 0.05) is 12.0 Å². The van der Waals surface area contributed by atoms with Crippen molar-refractivity contribution in [2.24, 2.45) is 0 Å². The normalized spacial score (nSPS) is 11.5. The van der Waals surface area contributed by atoms with Crippen LogP contribution in [0.15, 0.2) is 54.6 Å². The summed E-state index contributed by atoms with van der Waals surface area (Å²) in [5.74, 6) is 0.371. The van der Waals surface area contributed by atoms with Gasteiger partial charge < -0.3 is 19.9 Å². The number of hydrogen-bond donors (Lipinski definition) is 4. The predicted molar refractivity (Wildman–Crippen MR) is 115 cm³/mol. The van der Waals surface area contributed by atoms with Crippen molar-refractivity contribution in [2.45, 2.75) is 13.5 Å². The SMILES string of the molecule is CCOCc1cc(O)c(O)cc1-c1ccc2c(-c3nc4ccccc4[nH]3)n[nH]c2c1. The highest BCUT2D eigenvalue weighted by Gasteiger charge is 2.15. The van der Waals surface area contributed by atoms with E-state index in [2.05, 4.69) is 20.2 Å². The Balaban J connectivity index is 1.59. The number of para-hydroxylation sites is 2. The number of aromatic nitrogens is 4. The van der Waals surface area contributed by atoms with Crippen LogP contribution in [0.2, 0.25) is 0 Å². The van der Waals surface area contributed by atoms with Gasteiger partial charge >= 0.3 is 0 Å². The second-order valence-electron chi connectivity index (χ2n) is 7.07. The molecule has 0 bridgehead atoms. The summed E-state index contributed by atoms with van der Waals surface area (Å²) in [6.07, 6.45) is 0. The van der Waals surface area contributed by atoms with Crippen LogP contribution in [-0.4, -0.2) is 37.0 Å². The number of phenolic OH excluding ortho intramolecular Hbond substituents is 2. The van der Waals surface area contributed by atoms with Gasteiger partial charge in [0.25, 0.3) is 0 Å². The van der Waals surface area contributed by atoms with Crippen molar-refractivity contribution in [1.82, 2.24) is 20.2 Å². The molecule has 0 saturated carbocycles. The van der Waals surface area contributed by atoms with Crippen molar-refractivity contribution < 1.29 is 14.9 Å². The first-order valence-corrected chi connectivity index (χ1v) is 9.70. The molecule has 0 aliphatic rings. The van der Waals surface area contributed by atoms with Crippen LogP contribution in [0, 0.1) is 0 Å². The molecule has 0 aliphatic carbocycles. The van der Waals surface area contributed by atoms with E-state index in [9.17, 15) is 10.2 Å². The Labute approximate surface area is 172 Å². The molecule has 0 saturated heterocycles. The molecule has 0 atom stereocenters. The minimum absolute atomic E-state index is 0.164. The van der Waals surface area contributed by atoms with Gasteiger partial charge in [-0.05, 0) is 60.0 Å². The molecular weight excluding hydrogens is 380 g/mol. The molecule has 4 N–H and O–H groups in total. The number of phenols is 2. The molecule has 3 aromatic carbocycles. The third-order valence-electron chi connectivity index (χ3n) is 5.15. The molecule has 5 rings (SSSR count). The van der Waals surface area contributed by atoms with E-state index in [1.54, 1.807) is 6.07 Å². The van der Waals surface area contributed by atoms with E-state index < -0.39 is 0 Å². The summed E-state index contributed by atoms with van der Waals surface area (Å²) in [4.78, 5) is 7.95. The van der Waals surface area contributed by atoms with Crippen molar-refractivity contribution in [3.63, 3.8) is 0 Å². The predicted octanol–water partition coefficient (Wildman–Crippen LogP) is 4.72. The van der Waals surface area contributed by atoms with E-state index in [1.165, 1.54) is 6.07 Å². The van der Waals surface area contributed by atoms with E-state index in [0.29, 0.717) is 19.0 Å². The first-order chi connectivity index (χ1) is 14.6. The van der Waals surface area contributed by atoms with E-state index in [4.69, 9.17) is 4.74 Å². The van der Waals surface area contributed by atoms with Crippen molar-refractivity contribution in [3.05, 3.63) is 60.2 Å². The standard InChI is InChI=1S/C23H20N4O3/c1-2-30-12-14-10-20(28)21(29)11-16(14)13-7-8-15-19(9-13)26-27-22(15)23-24-17-5-3-4-6-18(17)25-23/h3-11,28-29H,2,12H2,1H3,(H,24,25)(H,26,27). The second-order valence-corrected chi connectivity index (χ2v) is 7.07. The quantitative estimate of drug-likeness (QED) is 0.319. The maximum Gasteiger partial charge on any atom is 0.159 e. The zero-order valence-electron chi connectivity index (χ0n) is 16.3. The van der Waals surface area contributed by atoms with Crippen LogP contribution in [-0.2, 0) is 11.3 Å². The molecule has 5 aromatic rings. The third-order valence-corrected chi connectivity index (χ3v) is 5.15. The van der Waals surface area contributed by atoms with Crippen LogP contribution < -0.4 is 0 Å². The van der Waals surface area contributed by atoms with Crippen LogP contribution in [0.3, 0.4) is 0 Å². The number of nitrogens with one attached hydrogen (secondary N) is 2. The van der Waals surface area contributed by atoms with Crippen LogP contribution in [0.4, 0.5) is 0 Å². The van der Waals surface area contributed by atoms with Crippen LogP contribution in [0.1, 0.15) is 12.5 Å². The van der Waals surface area contributed by atoms with E-state index in [1.807, 2.05) is 49.4 Å². The topological polar surface area (TPSA) is 107 Å². The van der Waals surface area contributed by atoms with Gasteiger partial charge in [0.1, 0.15) is 5.69 Å². The largest absolute Gasteiger partial charge is 0.504 e. The molecule has 150 valence electrons. The number of ether oxygens (including phenoxy) is 1. The van der Waals surface area contributed by atoms with Gasteiger partial charge in [0.05, 0.1) is 23.2 Å². The number of fused-ring (bicyclic) bond motifs is 2. The van der Waals surface area contributed by atoms with Gasteiger partial charge in [-0.3, -0.25) is 5.10 Å². The molecule has 0 unspecified atom stereocenters. The number of H-pyrrole nitrogens is 2. The van der Waals surface area contributed by atoms with Gasteiger partial charge in [-0.25, -0.2) is 4.98 Å². The first-order valence-electron chi connectivity index (χ1n) is 9.70. The Kier molecular flexibility index (Phi) is 4.37. The lowest BCUT2D eigenvalue weighted by molar-refractivity contribution is 0.134. The average molecular weight is 400 g/mol. The highest BCUT2D eigenvalue weighted by molar-refractivity contribution is 5.95. The third kappa shape index (κ3) is 3.05. The van der Waals surface area contributed by atoms with Crippen molar-refractivity contribution >= 4 is 21.9 Å². The molecule has 0 fully saturated rings. The molecular formula is C23H20N4O3. The fourth-order valence-corrected chi connectivity index (χ4v) is 3.65. The van der Waals surface area contributed by atoms with Crippen molar-refractivity contribution in [1.29, 1.82) is 0 Å². The van der Waals surface area contributed by atoms with Crippen LogP contribution in [0.25, 0.3) is 44.6 Å². The number of aromatic hydroxyl groups is 2. The van der Waals surface area contributed by atoms with E-state index in [-0.39, 0.29) is 11.5 Å². The average Bonchev–Trinajstić information content (AvgIpc) is 3.37. The van der Waals surface area contributed by atoms with Gasteiger partial charge in [-0.2, -0.15) is 5.10 Å². The Bertz CT molecular complexity index is 1340. The molecule has 0 amide bonds. The van der Waals surface area contributed by atoms with Gasteiger partial charge in [-0.1, -0.05) is 18.2 Å². The minimum atomic E-state index is -0.169. The number of benzene rings is 3. The minimum Gasteiger partial charge on any atom is -0.504 e. The monoisotopic (exact) mass is 400 g/mol. The van der Waals surface area contributed by atoms with Crippen molar-refractivity contribution in [2.75, 3.05) is 6.61 Å². The molecule has 0 aliphatic heterocycles. The lowest BCUT2D eigenvalue weighted by Crippen LogP contribution is -1.95. The maximum absolute atomic E-state index is 10.0. The Morgan fingerprint density at radius 3 is 2.63 bits per heavy atom. The summed E-state index contributed by atoms with van der Waals surface area (Å²) in [6, 6.07) is 16.9. The Morgan fingerprint density at radius 2 is 1.80 bits per heavy atom. The molecule has 2 heterocycles. The second kappa shape index (κ2) is 7.20. The zero-order valence-corrected chi connectivity index (χ0v) is 16.3. The summed E-state index contributed by atoms with van der Waals surface area (Å²) in [5.41, 5.74) is 5.91. The van der Waals surface area contributed by atoms with Gasteiger partial charge in [-0.15, -0.1) is 0 Å². The lowest BCUT2D eigenvalue weighted by Gasteiger charge is -2.12. The van der Waals surface area contributed by atoms with Gasteiger partial charge in [0.15, 0.2) is 17.3 Å². The molecule has 0 radical (unpaired) electrons. The summed E-state index contributed by atoms with van der Waals surface area (Å²) >= 11 is 0. The van der Waals surface area contributed by atoms with Crippen LogP contribution >= 0.6 is 0 Å². The number of aromatic amines is 2. The zero-order chi connectivity index (χ0) is 20.7. The molecule has 0 spiro atoms. The highest BCUT2D eigenvalue weighted by atomic mass is 16.5. The lowest BCUT2D eigenvalue weighted by atomic mass is 9.98. The molecule has 7 nitrogen and oxygen atoms in total. The first kappa shape index (κ1) is 18.2. The fraction of sp³-hybridized carbons (Fsp3) is 0.130. The number of hydrogen-bond acceptors (Lipinski definition) is 5. The summed E-state index contributed by atoms with van der Waals surface area (Å²) in [5, 5.41) is 28.4. The Morgan fingerprint density at radius 1 is 0.967 bits per heavy atom. The van der Waals surface area contributed by atoms with Gasteiger partial charge in [0.2, 0.25) is 0 Å². The van der Waals surface area contributed by atoms with Crippen molar-refractivity contribution in [3.8, 4) is 34.1 Å². The number of imidazole rings is 1. The summed E-state index contributed by atoms with van der Waals surface area (Å²) < 4.78 is 5.53. The number of nitrogens with zero attached hydrogens (tertiary/aromatic N) is 2. The molecule has 2 aromatic heterocycles. The van der Waals surface area contributed by atoms with E-state index >= 15 is 0 Å². The Hall–Kier alpha value is -3.84. The summed E-state index contributed by atoms with van der Waals surface area (Å²) in [7, 11) is 0. The molecule has 7 heteroatoms. The molecule has 30 heavy (non-hydrogen) atoms. The number of rotatable bonds is 5. The maximum atomic E-state index is 10.0. The smallest absolute Gasteiger partial charge is 0.159 e. The fourth-order valence-electron chi connectivity index (χ4n) is 3.65. The summed E-state index contributed by atoms with van der Waals surface area (Å²) in [6.45, 7) is 2.81. The van der Waals surface area contributed by atoms with Crippen LogP contribution in [0.5, 0.6) is 11.5 Å².